The number of halogens is 1. The normalized spacial score (nSPS) is 8.43. The summed E-state index contributed by atoms with van der Waals surface area (Å²) < 4.78 is 0. The van der Waals surface area contributed by atoms with Crippen molar-refractivity contribution in [3.63, 3.8) is 0 Å². The van der Waals surface area contributed by atoms with E-state index in [1.165, 1.54) is 0 Å². The summed E-state index contributed by atoms with van der Waals surface area (Å²) in [6.45, 7) is 0. The molecule has 0 spiro atoms. The topological polar surface area (TPSA) is 80.4 Å². The first-order valence-corrected chi connectivity index (χ1v) is 4.14. The maximum atomic E-state index is 10.3. The Labute approximate surface area is 86.4 Å². The Morgan fingerprint density at radius 3 is 2.64 bits per heavy atom. The van der Waals surface area contributed by atoms with Gasteiger partial charge < -0.3 is 5.11 Å². The van der Waals surface area contributed by atoms with Crippen molar-refractivity contribution in [1.82, 2.24) is 0 Å². The Kier molecular flexibility index (Phi) is 6.36. The molecule has 1 aromatic carbocycles. The van der Waals surface area contributed by atoms with E-state index in [4.69, 9.17) is 5.11 Å². The van der Waals surface area contributed by atoms with Crippen LogP contribution in [0.25, 0.3) is 0 Å². The van der Waals surface area contributed by atoms with Crippen molar-refractivity contribution in [1.29, 1.82) is 0 Å². The van der Waals surface area contributed by atoms with Crippen molar-refractivity contribution in [3.05, 3.63) is 35.4 Å². The molecule has 0 fully saturated rings. The smallest absolute Gasteiger partial charge is 0.307 e. The summed E-state index contributed by atoms with van der Waals surface area (Å²) in [5, 5.41) is 12.4. The van der Waals surface area contributed by atoms with Gasteiger partial charge in [-0.25, -0.2) is 5.25 Å². The van der Waals surface area contributed by atoms with Crippen LogP contribution in [0.15, 0.2) is 24.3 Å². The van der Waals surface area contributed by atoms with Gasteiger partial charge in [-0.2, -0.15) is 0 Å². The quantitative estimate of drug-likeness (QED) is 0.587. The fourth-order valence-corrected chi connectivity index (χ4v) is 0.951. The summed E-state index contributed by atoms with van der Waals surface area (Å²) in [5.74, 6) is -0.891. The van der Waals surface area contributed by atoms with E-state index in [1.807, 2.05) is 0 Å². The summed E-state index contributed by atoms with van der Waals surface area (Å²) in [4.78, 5) is 20.6. The molecule has 0 aromatic heterocycles. The van der Waals surface area contributed by atoms with Crippen LogP contribution < -0.4 is 5.25 Å². The molecule has 76 valence electrons. The lowest BCUT2D eigenvalue weighted by Crippen LogP contribution is -2.00. The Morgan fingerprint density at radius 1 is 1.50 bits per heavy atom. The number of aliphatic carboxylic acids is 1. The highest BCUT2D eigenvalue weighted by atomic mass is 35.5. The molecule has 0 atom stereocenters. The first kappa shape index (κ1) is 12.6. The van der Waals surface area contributed by atoms with Crippen molar-refractivity contribution >= 4 is 24.0 Å². The number of rotatable bonds is 3. The monoisotopic (exact) mass is 215 g/mol. The zero-order chi connectivity index (χ0) is 11.0. The van der Waals surface area contributed by atoms with Gasteiger partial charge in [0, 0.05) is 5.56 Å². The second kappa shape index (κ2) is 7.06. The van der Waals surface area contributed by atoms with Crippen molar-refractivity contribution in [3.8, 4) is 0 Å². The van der Waals surface area contributed by atoms with Crippen LogP contribution in [0.4, 0.5) is 0 Å². The molecule has 0 saturated carbocycles. The third-order valence-corrected chi connectivity index (χ3v) is 1.44. The minimum absolute atomic E-state index is 0.0400. The van der Waals surface area contributed by atoms with Gasteiger partial charge in [-0.15, -0.1) is 0 Å². The molecule has 0 unspecified atom stereocenters. The second-order valence-corrected chi connectivity index (χ2v) is 2.43. The van der Waals surface area contributed by atoms with Gasteiger partial charge in [0.25, 0.3) is 0 Å². The fourth-order valence-electron chi connectivity index (χ4n) is 0.951. The summed E-state index contributed by atoms with van der Waals surface area (Å²) in [7, 11) is 0. The number of hydrogen-bond acceptors (Lipinski definition) is 3. The number of benzene rings is 1. The van der Waals surface area contributed by atoms with E-state index in [0.29, 0.717) is 17.4 Å². The highest BCUT2D eigenvalue weighted by Gasteiger charge is 1.99. The lowest BCUT2D eigenvalue weighted by atomic mass is 10.1. The van der Waals surface area contributed by atoms with Gasteiger partial charge >= 0.3 is 5.97 Å². The third-order valence-electron chi connectivity index (χ3n) is 1.44. The molecule has 14 heavy (non-hydrogen) atoms. The van der Waals surface area contributed by atoms with Crippen molar-refractivity contribution in [2.45, 2.75) is 6.42 Å². The minimum Gasteiger partial charge on any atom is -0.481 e. The van der Waals surface area contributed by atoms with Crippen molar-refractivity contribution in [2.24, 2.45) is 5.25 Å². The van der Waals surface area contributed by atoms with Crippen LogP contribution in [-0.4, -0.2) is 17.4 Å². The van der Waals surface area contributed by atoms with Crippen LogP contribution in [0, 0.1) is 0 Å². The first-order chi connectivity index (χ1) is 6.72. The largest absolute Gasteiger partial charge is 0.481 e. The van der Waals surface area contributed by atoms with Crippen LogP contribution in [0.5, 0.6) is 0 Å². The standard InChI is InChI=1S/C9H8O3.ClH2N/c10-6-8-3-1-2-7(4-8)5-9(11)12;1-2/h1-4,6H,5H2,(H,11,12);2H2. The first-order valence-electron chi connectivity index (χ1n) is 3.70. The van der Waals surface area contributed by atoms with E-state index in [9.17, 15) is 9.59 Å². The molecule has 0 bridgehead atoms. The highest BCUT2D eigenvalue weighted by Crippen LogP contribution is 2.03. The average Bonchev–Trinajstić information content (AvgIpc) is 2.20. The van der Waals surface area contributed by atoms with Gasteiger partial charge in [0.15, 0.2) is 0 Å². The predicted octanol–water partition coefficient (Wildman–Crippen LogP) is 1.23. The van der Waals surface area contributed by atoms with Gasteiger partial charge in [0.05, 0.1) is 6.42 Å². The molecule has 0 aliphatic rings. The van der Waals surface area contributed by atoms with Crippen LogP contribution >= 0.6 is 11.8 Å². The van der Waals surface area contributed by atoms with Crippen LogP contribution in [0.1, 0.15) is 15.9 Å². The molecular formula is C9H10ClNO3. The Morgan fingerprint density at radius 2 is 2.14 bits per heavy atom. The molecule has 0 amide bonds. The number of carbonyl (C=O) groups excluding carboxylic acids is 1. The van der Waals surface area contributed by atoms with E-state index in [1.54, 1.807) is 24.3 Å². The zero-order valence-electron chi connectivity index (χ0n) is 7.31. The molecule has 4 nitrogen and oxygen atoms in total. The predicted molar refractivity (Wildman–Crippen MR) is 53.2 cm³/mol. The number of aldehydes is 1. The lowest BCUT2D eigenvalue weighted by molar-refractivity contribution is -0.136. The minimum atomic E-state index is -0.891. The molecule has 0 aliphatic carbocycles. The molecule has 0 radical (unpaired) electrons. The molecule has 5 heteroatoms. The van der Waals surface area contributed by atoms with Gasteiger partial charge in [-0.3, -0.25) is 9.59 Å². The van der Waals surface area contributed by atoms with Gasteiger partial charge in [0.1, 0.15) is 6.29 Å². The van der Waals surface area contributed by atoms with E-state index < -0.39 is 5.97 Å². The summed E-state index contributed by atoms with van der Waals surface area (Å²) >= 11 is 4.14. The third kappa shape index (κ3) is 4.59. The zero-order valence-corrected chi connectivity index (χ0v) is 8.07. The number of carboxylic acid groups (broad SMARTS) is 1. The van der Waals surface area contributed by atoms with E-state index >= 15 is 0 Å². The lowest BCUT2D eigenvalue weighted by Gasteiger charge is -1.96. The molecule has 0 saturated heterocycles. The molecule has 1 rings (SSSR count). The van der Waals surface area contributed by atoms with Crippen LogP contribution in [0.2, 0.25) is 0 Å². The average molecular weight is 216 g/mol. The summed E-state index contributed by atoms with van der Waals surface area (Å²) in [6, 6.07) is 6.56. The maximum absolute atomic E-state index is 10.3. The Balaban J connectivity index is 0.000000791. The van der Waals surface area contributed by atoms with E-state index in [0.717, 1.165) is 0 Å². The van der Waals surface area contributed by atoms with Crippen molar-refractivity contribution in [2.75, 3.05) is 0 Å². The SMILES string of the molecule is NCl.O=Cc1cccc(CC(=O)O)c1. The van der Waals surface area contributed by atoms with Crippen molar-refractivity contribution < 1.29 is 14.7 Å². The van der Waals surface area contributed by atoms with E-state index in [2.05, 4.69) is 17.0 Å². The van der Waals surface area contributed by atoms with Gasteiger partial charge in [0.2, 0.25) is 0 Å². The Hall–Kier alpha value is -1.39. The molecule has 1 aromatic rings. The number of carbonyl (C=O) groups is 2. The molecule has 3 N–H and O–H groups in total. The van der Waals surface area contributed by atoms with Crippen LogP contribution in [-0.2, 0) is 11.2 Å². The molecule has 0 heterocycles. The fraction of sp³-hybridized carbons (Fsp3) is 0.111. The molecule has 0 aliphatic heterocycles. The summed E-state index contributed by atoms with van der Waals surface area (Å²) in [5.41, 5.74) is 1.15. The number of hydrogen-bond donors (Lipinski definition) is 2. The Bertz CT molecular complexity index is 315. The van der Waals surface area contributed by atoms with Crippen LogP contribution in [0.3, 0.4) is 0 Å². The number of carboxylic acids is 1. The molecular weight excluding hydrogens is 206 g/mol. The highest BCUT2D eigenvalue weighted by molar-refractivity contribution is 6.11. The number of nitrogens with two attached hydrogens (primary N) is 1. The maximum Gasteiger partial charge on any atom is 0.307 e. The van der Waals surface area contributed by atoms with Gasteiger partial charge in [-0.05, 0) is 23.4 Å². The van der Waals surface area contributed by atoms with E-state index in [-0.39, 0.29) is 6.42 Å². The summed E-state index contributed by atoms with van der Waals surface area (Å²) in [6.07, 6.45) is 0.660. The van der Waals surface area contributed by atoms with Gasteiger partial charge in [-0.1, -0.05) is 18.2 Å². The second-order valence-electron chi connectivity index (χ2n) is 2.43.